The molecule has 90 valence electrons. The van der Waals surface area contributed by atoms with Gasteiger partial charge in [-0.05, 0) is 25.0 Å². The van der Waals surface area contributed by atoms with Crippen molar-refractivity contribution in [2.45, 2.75) is 24.7 Å². The van der Waals surface area contributed by atoms with Crippen molar-refractivity contribution in [1.82, 2.24) is 0 Å². The van der Waals surface area contributed by atoms with Crippen LogP contribution in [0.25, 0.3) is 0 Å². The van der Waals surface area contributed by atoms with Gasteiger partial charge in [0.25, 0.3) is 0 Å². The quantitative estimate of drug-likeness (QED) is 0.881. The Kier molecular flexibility index (Phi) is 2.23. The number of benzene rings is 1. The number of carboxylic acids is 1. The predicted octanol–water partition coefficient (Wildman–Crippen LogP) is 2.58. The van der Waals surface area contributed by atoms with Gasteiger partial charge in [-0.2, -0.15) is 0 Å². The molecule has 0 saturated heterocycles. The average molecular weight is 255 g/mol. The van der Waals surface area contributed by atoms with Gasteiger partial charge in [0.15, 0.2) is 11.5 Å². The van der Waals surface area contributed by atoms with Gasteiger partial charge < -0.3 is 14.6 Å². The van der Waals surface area contributed by atoms with E-state index in [-0.39, 0.29) is 6.79 Å². The highest BCUT2D eigenvalue weighted by Crippen LogP contribution is 2.53. The Labute approximate surface area is 103 Å². The third kappa shape index (κ3) is 1.33. The van der Waals surface area contributed by atoms with Crippen LogP contribution in [0.15, 0.2) is 12.1 Å². The van der Waals surface area contributed by atoms with E-state index in [9.17, 15) is 9.90 Å². The van der Waals surface area contributed by atoms with Crippen LogP contribution < -0.4 is 9.47 Å². The molecule has 1 aromatic carbocycles. The molecule has 4 nitrogen and oxygen atoms in total. The van der Waals surface area contributed by atoms with Gasteiger partial charge in [-0.25, -0.2) is 0 Å². The minimum Gasteiger partial charge on any atom is -0.481 e. The number of hydrogen-bond donors (Lipinski definition) is 1. The lowest BCUT2D eigenvalue weighted by Gasteiger charge is -2.38. The van der Waals surface area contributed by atoms with Crippen molar-refractivity contribution in [3.05, 3.63) is 22.7 Å². The van der Waals surface area contributed by atoms with E-state index < -0.39 is 11.4 Å². The average Bonchev–Trinajstić information content (AvgIpc) is 2.67. The van der Waals surface area contributed by atoms with Crippen LogP contribution in [0, 0.1) is 0 Å². The first kappa shape index (κ1) is 10.7. The second kappa shape index (κ2) is 3.53. The second-order valence-corrected chi connectivity index (χ2v) is 4.80. The smallest absolute Gasteiger partial charge is 0.314 e. The highest BCUT2D eigenvalue weighted by Gasteiger charge is 2.50. The van der Waals surface area contributed by atoms with E-state index in [4.69, 9.17) is 21.1 Å². The van der Waals surface area contributed by atoms with E-state index in [1.165, 1.54) is 0 Å². The lowest BCUT2D eigenvalue weighted by Crippen LogP contribution is -2.42. The summed E-state index contributed by atoms with van der Waals surface area (Å²) >= 11 is 6.15. The zero-order valence-corrected chi connectivity index (χ0v) is 9.79. The highest BCUT2D eigenvalue weighted by atomic mass is 35.5. The van der Waals surface area contributed by atoms with Crippen LogP contribution in [0.4, 0.5) is 0 Å². The Balaban J connectivity index is 2.20. The van der Waals surface area contributed by atoms with Gasteiger partial charge in [0, 0.05) is 10.6 Å². The summed E-state index contributed by atoms with van der Waals surface area (Å²) in [5, 5.41) is 9.88. The van der Waals surface area contributed by atoms with Crippen molar-refractivity contribution < 1.29 is 19.4 Å². The molecular weight excluding hydrogens is 244 g/mol. The summed E-state index contributed by atoms with van der Waals surface area (Å²) in [5.74, 6) is 0.242. The summed E-state index contributed by atoms with van der Waals surface area (Å²) < 4.78 is 10.6. The fourth-order valence-electron chi connectivity index (χ4n) is 2.50. The molecule has 17 heavy (non-hydrogen) atoms. The maximum absolute atomic E-state index is 11.5. The third-order valence-electron chi connectivity index (χ3n) is 3.58. The van der Waals surface area contributed by atoms with Crippen molar-refractivity contribution in [3.63, 3.8) is 0 Å². The molecule has 0 unspecified atom stereocenters. The van der Waals surface area contributed by atoms with Gasteiger partial charge in [-0.15, -0.1) is 0 Å². The van der Waals surface area contributed by atoms with Crippen molar-refractivity contribution >= 4 is 17.6 Å². The van der Waals surface area contributed by atoms with Gasteiger partial charge >= 0.3 is 5.97 Å². The minimum atomic E-state index is -0.893. The molecule has 0 bridgehead atoms. The zero-order valence-electron chi connectivity index (χ0n) is 9.03. The molecule has 2 aliphatic rings. The van der Waals surface area contributed by atoms with Gasteiger partial charge in [0.1, 0.15) is 0 Å². The molecule has 0 spiro atoms. The molecule has 0 radical (unpaired) electrons. The number of ether oxygens (including phenoxy) is 2. The molecule has 0 aromatic heterocycles. The van der Waals surface area contributed by atoms with Crippen molar-refractivity contribution in [1.29, 1.82) is 0 Å². The van der Waals surface area contributed by atoms with E-state index in [0.717, 1.165) is 6.42 Å². The Morgan fingerprint density at radius 3 is 2.71 bits per heavy atom. The standard InChI is InChI=1S/C12H11ClO4/c13-7-2-3-8-10(17-6-16-8)9(7)12(11(14)15)4-1-5-12/h2-3H,1,4-6H2,(H,14,15). The Morgan fingerprint density at radius 1 is 1.35 bits per heavy atom. The van der Waals surface area contributed by atoms with Gasteiger partial charge in [-0.3, -0.25) is 4.79 Å². The van der Waals surface area contributed by atoms with Crippen LogP contribution >= 0.6 is 11.6 Å². The first-order chi connectivity index (χ1) is 8.15. The van der Waals surface area contributed by atoms with Gasteiger partial charge in [-0.1, -0.05) is 18.0 Å². The number of carboxylic acid groups (broad SMARTS) is 1. The number of halogens is 1. The van der Waals surface area contributed by atoms with E-state index in [1.807, 2.05) is 0 Å². The molecule has 5 heteroatoms. The Bertz CT molecular complexity index is 494. The molecule has 1 aliphatic carbocycles. The van der Waals surface area contributed by atoms with Gasteiger partial charge in [0.2, 0.25) is 6.79 Å². The third-order valence-corrected chi connectivity index (χ3v) is 3.90. The summed E-state index contributed by atoms with van der Waals surface area (Å²) in [5.41, 5.74) is -0.316. The molecule has 3 rings (SSSR count). The number of fused-ring (bicyclic) bond motifs is 1. The topological polar surface area (TPSA) is 55.8 Å². The van der Waals surface area contributed by atoms with Crippen molar-refractivity contribution in [3.8, 4) is 11.5 Å². The molecule has 1 fully saturated rings. The first-order valence-corrected chi connectivity index (χ1v) is 5.85. The van der Waals surface area contributed by atoms with Gasteiger partial charge in [0.05, 0.1) is 5.41 Å². The highest BCUT2D eigenvalue weighted by molar-refractivity contribution is 6.32. The number of hydrogen-bond acceptors (Lipinski definition) is 3. The monoisotopic (exact) mass is 254 g/mol. The van der Waals surface area contributed by atoms with Crippen LogP contribution in [0.5, 0.6) is 11.5 Å². The molecule has 1 saturated carbocycles. The van der Waals surface area contributed by atoms with Crippen LogP contribution in [-0.4, -0.2) is 17.9 Å². The summed E-state index contributed by atoms with van der Waals surface area (Å²) in [6.07, 6.45) is 2.09. The molecule has 1 aliphatic heterocycles. The molecule has 1 heterocycles. The van der Waals surface area contributed by atoms with Crippen LogP contribution in [0.1, 0.15) is 24.8 Å². The lowest BCUT2D eigenvalue weighted by atomic mass is 9.64. The molecule has 0 atom stereocenters. The summed E-state index contributed by atoms with van der Waals surface area (Å²) in [6, 6.07) is 3.38. The summed E-state index contributed by atoms with van der Waals surface area (Å²) in [4.78, 5) is 11.5. The second-order valence-electron chi connectivity index (χ2n) is 4.40. The van der Waals surface area contributed by atoms with Crippen molar-refractivity contribution in [2.75, 3.05) is 6.79 Å². The molecule has 1 N–H and O–H groups in total. The lowest BCUT2D eigenvalue weighted by molar-refractivity contribution is -0.147. The van der Waals surface area contributed by atoms with E-state index in [1.54, 1.807) is 12.1 Å². The fraction of sp³-hybridized carbons (Fsp3) is 0.417. The van der Waals surface area contributed by atoms with Crippen molar-refractivity contribution in [2.24, 2.45) is 0 Å². The largest absolute Gasteiger partial charge is 0.481 e. The number of carbonyl (C=O) groups is 1. The van der Waals surface area contributed by atoms with E-state index in [2.05, 4.69) is 0 Å². The Hall–Kier alpha value is -1.42. The maximum atomic E-state index is 11.5. The number of rotatable bonds is 2. The molecule has 0 amide bonds. The first-order valence-electron chi connectivity index (χ1n) is 5.47. The molecule has 1 aromatic rings. The van der Waals surface area contributed by atoms with Crippen LogP contribution in [-0.2, 0) is 10.2 Å². The minimum absolute atomic E-state index is 0.123. The SMILES string of the molecule is O=C(O)C1(c2c(Cl)ccc3c2OCO3)CCC1. The fourth-order valence-corrected chi connectivity index (χ4v) is 2.83. The zero-order chi connectivity index (χ0) is 12.0. The van der Waals surface area contributed by atoms with E-state index >= 15 is 0 Å². The van der Waals surface area contributed by atoms with Crippen LogP contribution in [0.2, 0.25) is 5.02 Å². The summed E-state index contributed by atoms with van der Waals surface area (Å²) in [7, 11) is 0. The molecular formula is C12H11ClO4. The Morgan fingerprint density at radius 2 is 2.12 bits per heavy atom. The normalized spacial score (nSPS) is 19.8. The predicted molar refractivity (Wildman–Crippen MR) is 60.7 cm³/mol. The summed E-state index contributed by atoms with van der Waals surface area (Å²) in [6.45, 7) is 0.123. The number of aliphatic carboxylic acids is 1. The maximum Gasteiger partial charge on any atom is 0.314 e. The van der Waals surface area contributed by atoms with E-state index in [0.29, 0.717) is 34.9 Å². The van der Waals surface area contributed by atoms with Crippen LogP contribution in [0.3, 0.4) is 0 Å².